The maximum atomic E-state index is 6.08. The first kappa shape index (κ1) is 13.9. The van der Waals surface area contributed by atoms with Crippen LogP contribution in [0.2, 0.25) is 0 Å². The Labute approximate surface area is 115 Å². The summed E-state index contributed by atoms with van der Waals surface area (Å²) in [4.78, 5) is 4.85. The maximum absolute atomic E-state index is 6.08. The summed E-state index contributed by atoms with van der Waals surface area (Å²) in [5.41, 5.74) is 9.00. The third-order valence-corrected chi connectivity index (χ3v) is 3.74. The Kier molecular flexibility index (Phi) is 4.13. The molecular weight excluding hydrogens is 234 g/mol. The van der Waals surface area contributed by atoms with Crippen LogP contribution in [-0.2, 0) is 6.54 Å². The predicted octanol–water partition coefficient (Wildman–Crippen LogP) is 4.18. The summed E-state index contributed by atoms with van der Waals surface area (Å²) in [5.74, 6) is 2.32. The Morgan fingerprint density at radius 2 is 1.89 bits per heavy atom. The zero-order valence-corrected chi connectivity index (χ0v) is 12.5. The summed E-state index contributed by atoms with van der Waals surface area (Å²) in [5, 5.41) is 0. The Morgan fingerprint density at radius 3 is 2.47 bits per heavy atom. The van der Waals surface area contributed by atoms with Crippen molar-refractivity contribution in [2.75, 3.05) is 5.73 Å². The van der Waals surface area contributed by atoms with Crippen molar-refractivity contribution >= 4 is 16.7 Å². The number of nitrogens with two attached hydrogens (primary N) is 1. The van der Waals surface area contributed by atoms with Crippen molar-refractivity contribution in [2.24, 2.45) is 5.92 Å². The molecule has 0 radical (unpaired) electrons. The van der Waals surface area contributed by atoms with Crippen molar-refractivity contribution in [3.8, 4) is 0 Å². The number of fused-ring (bicyclic) bond motifs is 1. The predicted molar refractivity (Wildman–Crippen MR) is 82.3 cm³/mol. The number of imidazole rings is 1. The lowest BCUT2D eigenvalue weighted by Crippen LogP contribution is -2.11. The van der Waals surface area contributed by atoms with Crippen LogP contribution in [0.15, 0.2) is 18.2 Å². The zero-order chi connectivity index (χ0) is 14.0. The molecule has 0 saturated heterocycles. The first-order valence-electron chi connectivity index (χ1n) is 7.33. The number of nitrogen functional groups attached to an aromatic ring is 1. The van der Waals surface area contributed by atoms with Gasteiger partial charge in [0.1, 0.15) is 11.3 Å². The topological polar surface area (TPSA) is 43.8 Å². The number of benzene rings is 1. The van der Waals surface area contributed by atoms with Crippen LogP contribution >= 0.6 is 0 Å². The minimum absolute atomic E-state index is 0.519. The molecule has 2 aromatic rings. The molecule has 2 N–H and O–H groups in total. The molecule has 0 fully saturated rings. The van der Waals surface area contributed by atoms with E-state index in [1.807, 2.05) is 12.1 Å². The van der Waals surface area contributed by atoms with Crippen LogP contribution in [-0.4, -0.2) is 9.55 Å². The molecule has 0 unspecified atom stereocenters. The fourth-order valence-electron chi connectivity index (χ4n) is 2.71. The molecule has 0 aliphatic rings. The quantitative estimate of drug-likeness (QED) is 0.819. The highest BCUT2D eigenvalue weighted by Crippen LogP contribution is 2.29. The molecule has 3 heteroatoms. The van der Waals surface area contributed by atoms with Crippen LogP contribution in [0, 0.1) is 5.92 Å². The summed E-state index contributed by atoms with van der Waals surface area (Å²) in [6.45, 7) is 9.96. The number of anilines is 1. The highest BCUT2D eigenvalue weighted by Gasteiger charge is 2.19. The van der Waals surface area contributed by atoms with E-state index >= 15 is 0 Å². The molecule has 2 rings (SSSR count). The van der Waals surface area contributed by atoms with Crippen LogP contribution in [0.5, 0.6) is 0 Å². The molecule has 0 amide bonds. The molecular formula is C16H25N3. The van der Waals surface area contributed by atoms with Crippen LogP contribution in [0.4, 0.5) is 5.69 Å². The molecule has 0 bridgehead atoms. The first-order chi connectivity index (χ1) is 9.08. The molecule has 3 nitrogen and oxygen atoms in total. The highest BCUT2D eigenvalue weighted by atomic mass is 15.1. The van der Waals surface area contributed by atoms with Crippen LogP contribution < -0.4 is 5.73 Å². The number of nitrogens with zero attached hydrogens (tertiary/aromatic N) is 2. The van der Waals surface area contributed by atoms with Crippen molar-refractivity contribution in [3.63, 3.8) is 0 Å². The van der Waals surface area contributed by atoms with E-state index in [4.69, 9.17) is 10.7 Å². The van der Waals surface area contributed by atoms with Crippen molar-refractivity contribution < 1.29 is 0 Å². The van der Waals surface area contributed by atoms with E-state index in [1.54, 1.807) is 0 Å². The minimum atomic E-state index is 0.519. The number of para-hydroxylation sites is 1. The second-order valence-electron chi connectivity index (χ2n) is 5.70. The van der Waals surface area contributed by atoms with Gasteiger partial charge in [0.05, 0.1) is 11.2 Å². The zero-order valence-electron chi connectivity index (χ0n) is 12.5. The summed E-state index contributed by atoms with van der Waals surface area (Å²) in [6, 6.07) is 6.09. The van der Waals surface area contributed by atoms with Gasteiger partial charge in [0.25, 0.3) is 0 Å². The van der Waals surface area contributed by atoms with E-state index in [9.17, 15) is 0 Å². The number of hydrogen-bond donors (Lipinski definition) is 1. The van der Waals surface area contributed by atoms with Crippen molar-refractivity contribution in [2.45, 2.75) is 53.0 Å². The standard InChI is InChI=1S/C16H25N3/c1-5-12(6-2)16-18-15-13(17)8-7-9-14(15)19(16)10-11(3)4/h7-9,11-12H,5-6,10,17H2,1-4H3. The maximum Gasteiger partial charge on any atom is 0.113 e. The lowest BCUT2D eigenvalue weighted by Gasteiger charge is -2.17. The molecule has 0 aliphatic heterocycles. The van der Waals surface area contributed by atoms with E-state index in [1.165, 1.54) is 11.3 Å². The average Bonchev–Trinajstić information content (AvgIpc) is 2.71. The minimum Gasteiger partial charge on any atom is -0.397 e. The van der Waals surface area contributed by atoms with Crippen LogP contribution in [0.1, 0.15) is 52.3 Å². The molecule has 0 aliphatic carbocycles. The number of hydrogen-bond acceptors (Lipinski definition) is 2. The summed E-state index contributed by atoms with van der Waals surface area (Å²) in [6.07, 6.45) is 2.25. The molecule has 0 atom stereocenters. The van der Waals surface area contributed by atoms with Gasteiger partial charge in [-0.2, -0.15) is 0 Å². The van der Waals surface area contributed by atoms with Crippen LogP contribution in [0.25, 0.3) is 11.0 Å². The number of rotatable bonds is 5. The lowest BCUT2D eigenvalue weighted by molar-refractivity contribution is 0.486. The van der Waals surface area contributed by atoms with E-state index in [-0.39, 0.29) is 0 Å². The molecule has 0 saturated carbocycles. The van der Waals surface area contributed by atoms with Gasteiger partial charge in [0.2, 0.25) is 0 Å². The fraction of sp³-hybridized carbons (Fsp3) is 0.562. The molecule has 19 heavy (non-hydrogen) atoms. The van der Waals surface area contributed by atoms with Gasteiger partial charge in [-0.25, -0.2) is 4.98 Å². The smallest absolute Gasteiger partial charge is 0.113 e. The van der Waals surface area contributed by atoms with E-state index in [0.29, 0.717) is 11.8 Å². The molecule has 1 aromatic carbocycles. The second kappa shape index (κ2) is 5.64. The van der Waals surface area contributed by atoms with Gasteiger partial charge in [0.15, 0.2) is 0 Å². The third kappa shape index (κ3) is 2.60. The third-order valence-electron chi connectivity index (χ3n) is 3.74. The summed E-state index contributed by atoms with van der Waals surface area (Å²) < 4.78 is 2.37. The summed E-state index contributed by atoms with van der Waals surface area (Å²) >= 11 is 0. The van der Waals surface area contributed by atoms with Crippen LogP contribution in [0.3, 0.4) is 0 Å². The van der Waals surface area contributed by atoms with E-state index < -0.39 is 0 Å². The Balaban J connectivity index is 2.63. The molecule has 0 spiro atoms. The SMILES string of the molecule is CCC(CC)c1nc2c(N)cccc2n1CC(C)C. The van der Waals surface area contributed by atoms with Gasteiger partial charge < -0.3 is 10.3 Å². The molecule has 1 heterocycles. The van der Waals surface area contributed by atoms with Gasteiger partial charge in [-0.05, 0) is 30.9 Å². The summed E-state index contributed by atoms with van der Waals surface area (Å²) in [7, 11) is 0. The second-order valence-corrected chi connectivity index (χ2v) is 5.70. The van der Waals surface area contributed by atoms with Gasteiger partial charge in [-0.3, -0.25) is 0 Å². The highest BCUT2D eigenvalue weighted by molar-refractivity contribution is 5.87. The van der Waals surface area contributed by atoms with Crippen molar-refractivity contribution in [1.29, 1.82) is 0 Å². The van der Waals surface area contributed by atoms with E-state index in [0.717, 1.165) is 30.6 Å². The monoisotopic (exact) mass is 259 g/mol. The Bertz CT molecular complexity index is 550. The largest absolute Gasteiger partial charge is 0.397 e. The van der Waals surface area contributed by atoms with Crippen molar-refractivity contribution in [1.82, 2.24) is 9.55 Å². The molecule has 104 valence electrons. The van der Waals surface area contributed by atoms with Gasteiger partial charge >= 0.3 is 0 Å². The molecule has 1 aromatic heterocycles. The first-order valence-corrected chi connectivity index (χ1v) is 7.33. The fourth-order valence-corrected chi connectivity index (χ4v) is 2.71. The van der Waals surface area contributed by atoms with Crippen molar-refractivity contribution in [3.05, 3.63) is 24.0 Å². The number of aromatic nitrogens is 2. The Hall–Kier alpha value is -1.51. The van der Waals surface area contributed by atoms with E-state index in [2.05, 4.69) is 38.3 Å². The van der Waals surface area contributed by atoms with Gasteiger partial charge in [-0.1, -0.05) is 33.8 Å². The van der Waals surface area contributed by atoms with Gasteiger partial charge in [0, 0.05) is 12.5 Å². The normalized spacial score (nSPS) is 11.9. The Morgan fingerprint density at radius 1 is 1.21 bits per heavy atom. The lowest BCUT2D eigenvalue weighted by atomic mass is 10.0. The van der Waals surface area contributed by atoms with Gasteiger partial charge in [-0.15, -0.1) is 0 Å². The average molecular weight is 259 g/mol.